The lowest BCUT2D eigenvalue weighted by Gasteiger charge is -2.42. The van der Waals surface area contributed by atoms with Gasteiger partial charge in [0, 0.05) is 50.3 Å². The van der Waals surface area contributed by atoms with Crippen molar-refractivity contribution in [3.63, 3.8) is 0 Å². The maximum atomic E-state index is 11.9. The smallest absolute Gasteiger partial charge is 0.250 e. The van der Waals surface area contributed by atoms with Crippen LogP contribution in [-0.4, -0.2) is 29.1 Å². The maximum Gasteiger partial charge on any atom is 0.250 e. The summed E-state index contributed by atoms with van der Waals surface area (Å²) in [5.74, 6) is 1.03. The van der Waals surface area contributed by atoms with Crippen molar-refractivity contribution in [2.75, 3.05) is 19.6 Å². The largest absolute Gasteiger partial charge is 0.312 e. The van der Waals surface area contributed by atoms with E-state index in [4.69, 9.17) is 5.26 Å². The highest BCUT2D eigenvalue weighted by atomic mass is 16.1. The van der Waals surface area contributed by atoms with Gasteiger partial charge in [0.2, 0.25) is 0 Å². The van der Waals surface area contributed by atoms with Gasteiger partial charge in [-0.05, 0) is 18.4 Å². The molecule has 0 spiro atoms. The fraction of sp³-hybridized carbons (Fsp3) is 0.571. The molecule has 4 heteroatoms. The average Bonchev–Trinajstić information content (AvgIpc) is 2.38. The number of aromatic nitrogens is 1. The normalized spacial score (nSPS) is 26.4. The summed E-state index contributed by atoms with van der Waals surface area (Å²) in [6.45, 7) is 3.72. The van der Waals surface area contributed by atoms with Crippen molar-refractivity contribution in [2.24, 2.45) is 5.92 Å². The molecule has 0 saturated carbocycles. The number of likely N-dealkylation sites (tertiary alicyclic amines) is 1. The molecule has 1 aromatic heterocycles. The van der Waals surface area contributed by atoms with Crippen molar-refractivity contribution < 1.29 is 0 Å². The monoisotopic (exact) mass is 243 g/mol. The molecular formula is C14H17N3O. The molecule has 2 aliphatic rings. The van der Waals surface area contributed by atoms with Crippen molar-refractivity contribution in [2.45, 2.75) is 25.3 Å². The third-order valence-corrected chi connectivity index (χ3v) is 4.10. The number of fused-ring (bicyclic) bond motifs is 4. The van der Waals surface area contributed by atoms with Crippen molar-refractivity contribution >= 4 is 0 Å². The fourth-order valence-electron chi connectivity index (χ4n) is 3.39. The molecule has 0 amide bonds. The molecule has 1 fully saturated rings. The van der Waals surface area contributed by atoms with Gasteiger partial charge in [-0.3, -0.25) is 4.79 Å². The Kier molecular flexibility index (Phi) is 2.92. The van der Waals surface area contributed by atoms with Gasteiger partial charge in [0.25, 0.3) is 5.56 Å². The van der Waals surface area contributed by atoms with Crippen LogP contribution in [0.1, 0.15) is 24.5 Å². The molecule has 2 bridgehead atoms. The molecule has 3 rings (SSSR count). The summed E-state index contributed by atoms with van der Waals surface area (Å²) < 4.78 is 1.94. The van der Waals surface area contributed by atoms with Crippen LogP contribution in [0.2, 0.25) is 0 Å². The van der Waals surface area contributed by atoms with Crippen LogP contribution < -0.4 is 5.56 Å². The highest BCUT2D eigenvalue weighted by molar-refractivity contribution is 5.16. The number of rotatable bonds is 2. The lowest BCUT2D eigenvalue weighted by molar-refractivity contribution is 0.122. The zero-order chi connectivity index (χ0) is 12.5. The standard InChI is InChI=1S/C14H17N3O/c15-5-2-6-16-8-11-7-12(10-16)13-3-1-4-14(18)17(13)9-11/h1,3-4,11-12H,2,6-10H2/t11-,12-/m1/s1. The summed E-state index contributed by atoms with van der Waals surface area (Å²) in [5, 5.41) is 8.67. The van der Waals surface area contributed by atoms with Crippen molar-refractivity contribution in [3.05, 3.63) is 34.2 Å². The maximum absolute atomic E-state index is 11.9. The Hall–Kier alpha value is -1.60. The lowest BCUT2D eigenvalue weighted by Crippen LogP contribution is -2.47. The number of nitrogens with zero attached hydrogens (tertiary/aromatic N) is 3. The van der Waals surface area contributed by atoms with Crippen LogP contribution in [0.4, 0.5) is 0 Å². The molecule has 0 unspecified atom stereocenters. The van der Waals surface area contributed by atoms with E-state index in [0.717, 1.165) is 26.2 Å². The first-order valence-corrected chi connectivity index (χ1v) is 6.57. The highest BCUT2D eigenvalue weighted by Gasteiger charge is 2.33. The fourth-order valence-corrected chi connectivity index (χ4v) is 3.39. The molecule has 0 aromatic carbocycles. The number of pyridine rings is 1. The molecule has 2 aliphatic heterocycles. The average molecular weight is 243 g/mol. The Balaban J connectivity index is 1.86. The van der Waals surface area contributed by atoms with Gasteiger partial charge < -0.3 is 9.47 Å². The Morgan fingerprint density at radius 1 is 1.33 bits per heavy atom. The van der Waals surface area contributed by atoms with Crippen molar-refractivity contribution in [3.8, 4) is 6.07 Å². The number of hydrogen-bond acceptors (Lipinski definition) is 3. The Bertz CT molecular complexity index is 543. The van der Waals surface area contributed by atoms with Crippen LogP contribution >= 0.6 is 0 Å². The molecule has 18 heavy (non-hydrogen) atoms. The van der Waals surface area contributed by atoms with Crippen LogP contribution in [0.15, 0.2) is 23.0 Å². The van der Waals surface area contributed by atoms with Gasteiger partial charge in [-0.1, -0.05) is 6.07 Å². The first-order chi connectivity index (χ1) is 8.78. The number of piperidine rings is 1. The second-order valence-corrected chi connectivity index (χ2v) is 5.37. The van der Waals surface area contributed by atoms with Crippen molar-refractivity contribution in [1.82, 2.24) is 9.47 Å². The topological polar surface area (TPSA) is 49.0 Å². The van der Waals surface area contributed by atoms with Gasteiger partial charge in [-0.15, -0.1) is 0 Å². The zero-order valence-corrected chi connectivity index (χ0v) is 10.4. The van der Waals surface area contributed by atoms with E-state index in [1.165, 1.54) is 12.1 Å². The molecule has 0 radical (unpaired) electrons. The van der Waals surface area contributed by atoms with E-state index < -0.39 is 0 Å². The van der Waals surface area contributed by atoms with Gasteiger partial charge in [0.1, 0.15) is 0 Å². The second-order valence-electron chi connectivity index (χ2n) is 5.37. The summed E-state index contributed by atoms with van der Waals surface area (Å²) in [4.78, 5) is 14.2. The molecule has 0 aliphatic carbocycles. The van der Waals surface area contributed by atoms with E-state index in [0.29, 0.717) is 18.3 Å². The van der Waals surface area contributed by atoms with E-state index in [1.54, 1.807) is 6.07 Å². The molecule has 94 valence electrons. The predicted octanol–water partition coefficient (Wildman–Crippen LogP) is 1.18. The van der Waals surface area contributed by atoms with Crippen LogP contribution in [-0.2, 0) is 6.54 Å². The predicted molar refractivity (Wildman–Crippen MR) is 68.2 cm³/mol. The van der Waals surface area contributed by atoms with Gasteiger partial charge in [-0.25, -0.2) is 0 Å². The van der Waals surface area contributed by atoms with E-state index in [-0.39, 0.29) is 5.56 Å². The van der Waals surface area contributed by atoms with E-state index in [9.17, 15) is 4.79 Å². The summed E-state index contributed by atoms with van der Waals surface area (Å²) in [6.07, 6.45) is 1.79. The minimum Gasteiger partial charge on any atom is -0.312 e. The van der Waals surface area contributed by atoms with Gasteiger partial charge in [-0.2, -0.15) is 5.26 Å². The second kappa shape index (κ2) is 4.58. The first kappa shape index (κ1) is 11.5. The van der Waals surface area contributed by atoms with E-state index in [1.807, 2.05) is 10.6 Å². The highest BCUT2D eigenvalue weighted by Crippen LogP contribution is 2.34. The van der Waals surface area contributed by atoms with E-state index >= 15 is 0 Å². The van der Waals surface area contributed by atoms with Crippen LogP contribution in [0, 0.1) is 17.2 Å². The lowest BCUT2D eigenvalue weighted by atomic mass is 9.83. The van der Waals surface area contributed by atoms with Crippen LogP contribution in [0.3, 0.4) is 0 Å². The molecule has 0 N–H and O–H groups in total. The number of nitriles is 1. The Labute approximate surface area is 106 Å². The van der Waals surface area contributed by atoms with Gasteiger partial charge in [0.05, 0.1) is 6.07 Å². The van der Waals surface area contributed by atoms with E-state index in [2.05, 4.69) is 17.0 Å². The summed E-state index contributed by atoms with van der Waals surface area (Å²) in [7, 11) is 0. The number of hydrogen-bond donors (Lipinski definition) is 0. The van der Waals surface area contributed by atoms with Gasteiger partial charge in [0.15, 0.2) is 0 Å². The first-order valence-electron chi connectivity index (χ1n) is 6.57. The molecule has 1 aromatic rings. The third kappa shape index (κ3) is 1.95. The Morgan fingerprint density at radius 3 is 3.06 bits per heavy atom. The molecular weight excluding hydrogens is 226 g/mol. The Morgan fingerprint density at radius 2 is 2.22 bits per heavy atom. The summed E-state index contributed by atoms with van der Waals surface area (Å²) >= 11 is 0. The minimum absolute atomic E-state index is 0.132. The molecule has 4 nitrogen and oxygen atoms in total. The summed E-state index contributed by atoms with van der Waals surface area (Å²) in [5.41, 5.74) is 1.31. The molecule has 2 atom stereocenters. The minimum atomic E-state index is 0.132. The molecule has 1 saturated heterocycles. The van der Waals surface area contributed by atoms with Crippen LogP contribution in [0.5, 0.6) is 0 Å². The van der Waals surface area contributed by atoms with Crippen molar-refractivity contribution in [1.29, 1.82) is 5.26 Å². The molecule has 3 heterocycles. The van der Waals surface area contributed by atoms with Crippen LogP contribution in [0.25, 0.3) is 0 Å². The van der Waals surface area contributed by atoms with Gasteiger partial charge >= 0.3 is 0 Å². The summed E-state index contributed by atoms with van der Waals surface area (Å²) in [6, 6.07) is 7.81. The quantitative estimate of drug-likeness (QED) is 0.783. The zero-order valence-electron chi connectivity index (χ0n) is 10.4. The SMILES string of the molecule is N#CCCN1C[C@H]2C[C@H](C1)c1cccc(=O)n1C2. The third-order valence-electron chi connectivity index (χ3n) is 4.10.